The summed E-state index contributed by atoms with van der Waals surface area (Å²) in [6.45, 7) is 3.30. The first-order valence-corrected chi connectivity index (χ1v) is 7.80. The highest BCUT2D eigenvalue weighted by molar-refractivity contribution is 5.84. The lowest BCUT2D eigenvalue weighted by Gasteiger charge is -2.16. The van der Waals surface area contributed by atoms with Gasteiger partial charge in [0.05, 0.1) is 17.9 Å². The summed E-state index contributed by atoms with van der Waals surface area (Å²) in [6, 6.07) is 9.60. The molecule has 3 rings (SSSR count). The van der Waals surface area contributed by atoms with E-state index in [9.17, 15) is 14.7 Å². The van der Waals surface area contributed by atoms with Crippen molar-refractivity contribution in [1.82, 2.24) is 4.90 Å². The molecule has 0 radical (unpaired) electrons. The van der Waals surface area contributed by atoms with Crippen molar-refractivity contribution in [3.05, 3.63) is 35.9 Å². The summed E-state index contributed by atoms with van der Waals surface area (Å²) >= 11 is 0. The monoisotopic (exact) mass is 303 g/mol. The molecule has 1 saturated carbocycles. The third-order valence-corrected chi connectivity index (χ3v) is 4.61. The number of ether oxygens (including phenoxy) is 1. The number of rotatable bonds is 5. The van der Waals surface area contributed by atoms with Crippen LogP contribution >= 0.6 is 0 Å². The van der Waals surface area contributed by atoms with Gasteiger partial charge in [0.15, 0.2) is 0 Å². The van der Waals surface area contributed by atoms with E-state index in [4.69, 9.17) is 4.74 Å². The zero-order chi connectivity index (χ0) is 15.7. The molecule has 1 aromatic rings. The summed E-state index contributed by atoms with van der Waals surface area (Å²) in [5, 5.41) is 9.47. The number of carbonyl (C=O) groups excluding carboxylic acids is 1. The molecule has 0 aromatic heterocycles. The highest BCUT2D eigenvalue weighted by Gasteiger charge is 2.49. The van der Waals surface area contributed by atoms with Crippen LogP contribution in [-0.4, -0.2) is 47.7 Å². The van der Waals surface area contributed by atoms with Crippen LogP contribution in [0.15, 0.2) is 30.3 Å². The average Bonchev–Trinajstić information content (AvgIpc) is 3.13. The summed E-state index contributed by atoms with van der Waals surface area (Å²) in [5.74, 6) is -1.53. The second-order valence-electron chi connectivity index (χ2n) is 6.04. The van der Waals surface area contributed by atoms with Gasteiger partial charge in [-0.2, -0.15) is 0 Å². The minimum Gasteiger partial charge on any atom is -0.481 e. The van der Waals surface area contributed by atoms with Crippen LogP contribution in [0.2, 0.25) is 0 Å². The number of carboxylic acids is 1. The maximum atomic E-state index is 12.5. The number of aliphatic carboxylic acids is 1. The third kappa shape index (κ3) is 2.86. The summed E-state index contributed by atoms with van der Waals surface area (Å²) in [4.78, 5) is 25.7. The molecule has 2 aliphatic rings. The van der Waals surface area contributed by atoms with Gasteiger partial charge in [0.2, 0.25) is 5.91 Å². The van der Waals surface area contributed by atoms with Gasteiger partial charge in [-0.3, -0.25) is 9.59 Å². The fourth-order valence-corrected chi connectivity index (χ4v) is 3.34. The molecule has 1 aliphatic heterocycles. The van der Waals surface area contributed by atoms with E-state index in [1.807, 2.05) is 37.3 Å². The first-order valence-electron chi connectivity index (χ1n) is 7.80. The predicted octanol–water partition coefficient (Wildman–Crippen LogP) is 1.74. The molecule has 5 nitrogen and oxygen atoms in total. The summed E-state index contributed by atoms with van der Waals surface area (Å²) < 4.78 is 5.47. The third-order valence-electron chi connectivity index (χ3n) is 4.61. The van der Waals surface area contributed by atoms with E-state index in [0.29, 0.717) is 19.7 Å². The zero-order valence-electron chi connectivity index (χ0n) is 12.6. The molecule has 118 valence electrons. The summed E-state index contributed by atoms with van der Waals surface area (Å²) in [5.41, 5.74) is 0.988. The van der Waals surface area contributed by atoms with E-state index >= 15 is 0 Å². The van der Waals surface area contributed by atoms with Crippen LogP contribution in [0.4, 0.5) is 0 Å². The first-order chi connectivity index (χ1) is 10.6. The van der Waals surface area contributed by atoms with E-state index in [-0.39, 0.29) is 23.8 Å². The second kappa shape index (κ2) is 6.08. The van der Waals surface area contributed by atoms with Crippen molar-refractivity contribution in [3.8, 4) is 0 Å². The summed E-state index contributed by atoms with van der Waals surface area (Å²) in [7, 11) is 0. The SMILES string of the molecule is CCOC1CC1C(=O)N1CC(C(=O)O)C(c2ccccc2)C1. The van der Waals surface area contributed by atoms with Gasteiger partial charge in [-0.05, 0) is 18.9 Å². The Bertz CT molecular complexity index is 559. The fourth-order valence-electron chi connectivity index (χ4n) is 3.34. The van der Waals surface area contributed by atoms with Gasteiger partial charge in [-0.1, -0.05) is 30.3 Å². The molecule has 1 aliphatic carbocycles. The Kier molecular flexibility index (Phi) is 4.16. The molecule has 0 bridgehead atoms. The molecule has 0 spiro atoms. The van der Waals surface area contributed by atoms with Gasteiger partial charge in [-0.15, -0.1) is 0 Å². The van der Waals surface area contributed by atoms with Crippen LogP contribution in [0.25, 0.3) is 0 Å². The average molecular weight is 303 g/mol. The predicted molar refractivity (Wildman–Crippen MR) is 80.4 cm³/mol. The Morgan fingerprint density at radius 1 is 1.23 bits per heavy atom. The fraction of sp³-hybridized carbons (Fsp3) is 0.529. The van der Waals surface area contributed by atoms with Crippen LogP contribution < -0.4 is 0 Å². The Labute approximate surface area is 129 Å². The standard InChI is InChI=1S/C17H21NO4/c1-2-22-15-8-12(15)16(19)18-9-13(14(10-18)17(20)21)11-6-4-3-5-7-11/h3-7,12-15H,2,8-10H2,1H3,(H,20,21). The number of carboxylic acid groups (broad SMARTS) is 1. The number of likely N-dealkylation sites (tertiary alicyclic amines) is 1. The normalized spacial score (nSPS) is 30.3. The molecule has 1 N–H and O–H groups in total. The molecular weight excluding hydrogens is 282 g/mol. The number of amides is 1. The molecule has 4 unspecified atom stereocenters. The second-order valence-corrected chi connectivity index (χ2v) is 6.04. The lowest BCUT2D eigenvalue weighted by Crippen LogP contribution is -2.32. The van der Waals surface area contributed by atoms with Crippen LogP contribution in [0, 0.1) is 11.8 Å². The van der Waals surface area contributed by atoms with Crippen molar-refractivity contribution in [1.29, 1.82) is 0 Å². The van der Waals surface area contributed by atoms with Crippen LogP contribution in [-0.2, 0) is 14.3 Å². The van der Waals surface area contributed by atoms with Gasteiger partial charge < -0.3 is 14.7 Å². The van der Waals surface area contributed by atoms with Crippen molar-refractivity contribution >= 4 is 11.9 Å². The molecule has 4 atom stereocenters. The number of hydrogen-bond donors (Lipinski definition) is 1. The summed E-state index contributed by atoms with van der Waals surface area (Å²) in [6.07, 6.45) is 0.785. The Balaban J connectivity index is 1.71. The van der Waals surface area contributed by atoms with Crippen molar-refractivity contribution in [3.63, 3.8) is 0 Å². The smallest absolute Gasteiger partial charge is 0.308 e. The number of nitrogens with zero attached hydrogens (tertiary/aromatic N) is 1. The molecule has 1 saturated heterocycles. The molecule has 5 heteroatoms. The lowest BCUT2D eigenvalue weighted by atomic mass is 9.89. The number of carbonyl (C=O) groups is 2. The topological polar surface area (TPSA) is 66.8 Å². The Morgan fingerprint density at radius 2 is 1.95 bits per heavy atom. The van der Waals surface area contributed by atoms with Crippen LogP contribution in [0.3, 0.4) is 0 Å². The van der Waals surface area contributed by atoms with E-state index in [1.54, 1.807) is 4.90 Å². The highest BCUT2D eigenvalue weighted by atomic mass is 16.5. The molecule has 1 amide bonds. The molecular formula is C17H21NO4. The molecule has 1 heterocycles. The Morgan fingerprint density at radius 3 is 2.59 bits per heavy atom. The van der Waals surface area contributed by atoms with Gasteiger partial charge in [0.25, 0.3) is 0 Å². The van der Waals surface area contributed by atoms with Crippen molar-refractivity contribution in [2.75, 3.05) is 19.7 Å². The van der Waals surface area contributed by atoms with Crippen molar-refractivity contribution in [2.24, 2.45) is 11.8 Å². The Hall–Kier alpha value is -1.88. The van der Waals surface area contributed by atoms with Crippen LogP contribution in [0.1, 0.15) is 24.8 Å². The number of hydrogen-bond acceptors (Lipinski definition) is 3. The van der Waals surface area contributed by atoms with Gasteiger partial charge in [-0.25, -0.2) is 0 Å². The number of benzene rings is 1. The zero-order valence-corrected chi connectivity index (χ0v) is 12.6. The van der Waals surface area contributed by atoms with E-state index in [2.05, 4.69) is 0 Å². The van der Waals surface area contributed by atoms with E-state index in [1.165, 1.54) is 0 Å². The molecule has 1 aromatic carbocycles. The van der Waals surface area contributed by atoms with Crippen LogP contribution in [0.5, 0.6) is 0 Å². The van der Waals surface area contributed by atoms with Crippen molar-refractivity contribution in [2.45, 2.75) is 25.4 Å². The molecule has 2 fully saturated rings. The first kappa shape index (κ1) is 15.0. The van der Waals surface area contributed by atoms with Crippen molar-refractivity contribution < 1.29 is 19.4 Å². The van der Waals surface area contributed by atoms with Gasteiger partial charge >= 0.3 is 5.97 Å². The maximum absolute atomic E-state index is 12.5. The highest BCUT2D eigenvalue weighted by Crippen LogP contribution is 2.39. The van der Waals surface area contributed by atoms with E-state index in [0.717, 1.165) is 12.0 Å². The van der Waals surface area contributed by atoms with E-state index < -0.39 is 11.9 Å². The lowest BCUT2D eigenvalue weighted by molar-refractivity contribution is -0.142. The largest absolute Gasteiger partial charge is 0.481 e. The molecule has 22 heavy (non-hydrogen) atoms. The quantitative estimate of drug-likeness (QED) is 0.899. The maximum Gasteiger partial charge on any atom is 0.308 e. The minimum atomic E-state index is -0.832. The van der Waals surface area contributed by atoms with Gasteiger partial charge in [0.1, 0.15) is 0 Å². The minimum absolute atomic E-state index is 0.0246. The van der Waals surface area contributed by atoms with Gasteiger partial charge in [0, 0.05) is 25.6 Å².